The zero-order chi connectivity index (χ0) is 18.4. The van der Waals surface area contributed by atoms with E-state index in [1.807, 2.05) is 36.1 Å². The Bertz CT molecular complexity index is 613. The lowest BCUT2D eigenvalue weighted by Crippen LogP contribution is -2.44. The van der Waals surface area contributed by atoms with Crippen LogP contribution in [0.15, 0.2) is 24.3 Å². The number of nitrogens with one attached hydrogen (secondary N) is 1. The summed E-state index contributed by atoms with van der Waals surface area (Å²) in [5.74, 6) is 0.0704. The SMILES string of the molecule is CCC(C)(C)CC(=O)NCc1cccc(C(=O)N2CCO[C@@H](C)C2)c1. The summed E-state index contributed by atoms with van der Waals surface area (Å²) in [6.07, 6.45) is 1.54. The Labute approximate surface area is 150 Å². The summed E-state index contributed by atoms with van der Waals surface area (Å²) in [7, 11) is 0. The number of carbonyl (C=O) groups is 2. The van der Waals surface area contributed by atoms with E-state index in [1.165, 1.54) is 0 Å². The van der Waals surface area contributed by atoms with Crippen LogP contribution in [-0.4, -0.2) is 42.5 Å². The van der Waals surface area contributed by atoms with Gasteiger partial charge in [0.05, 0.1) is 12.7 Å². The van der Waals surface area contributed by atoms with Crippen LogP contribution in [0.4, 0.5) is 0 Å². The largest absolute Gasteiger partial charge is 0.375 e. The molecule has 5 nitrogen and oxygen atoms in total. The van der Waals surface area contributed by atoms with Crippen molar-refractivity contribution in [1.82, 2.24) is 10.2 Å². The number of amides is 2. The van der Waals surface area contributed by atoms with Crippen LogP contribution in [0, 0.1) is 5.41 Å². The molecule has 2 amide bonds. The molecule has 1 heterocycles. The van der Waals surface area contributed by atoms with Crippen molar-refractivity contribution in [3.8, 4) is 0 Å². The summed E-state index contributed by atoms with van der Waals surface area (Å²) < 4.78 is 5.49. The molecule has 0 aliphatic carbocycles. The maximum atomic E-state index is 12.6. The van der Waals surface area contributed by atoms with Gasteiger partial charge in [-0.25, -0.2) is 0 Å². The van der Waals surface area contributed by atoms with Crippen LogP contribution in [0.5, 0.6) is 0 Å². The molecule has 0 unspecified atom stereocenters. The number of rotatable bonds is 6. The molecule has 0 bridgehead atoms. The Kier molecular flexibility index (Phi) is 6.59. The van der Waals surface area contributed by atoms with Crippen molar-refractivity contribution in [1.29, 1.82) is 0 Å². The first-order chi connectivity index (χ1) is 11.8. The molecular formula is C20H30N2O3. The lowest BCUT2D eigenvalue weighted by Gasteiger charge is -2.31. The summed E-state index contributed by atoms with van der Waals surface area (Å²) in [4.78, 5) is 26.6. The van der Waals surface area contributed by atoms with Gasteiger partial charge in [-0.15, -0.1) is 0 Å². The number of morpholine rings is 1. The summed E-state index contributed by atoms with van der Waals surface area (Å²) >= 11 is 0. The van der Waals surface area contributed by atoms with Crippen molar-refractivity contribution in [2.45, 2.75) is 53.2 Å². The van der Waals surface area contributed by atoms with E-state index in [9.17, 15) is 9.59 Å². The quantitative estimate of drug-likeness (QED) is 0.861. The van der Waals surface area contributed by atoms with Crippen LogP contribution in [0.25, 0.3) is 0 Å². The summed E-state index contributed by atoms with van der Waals surface area (Å²) in [6, 6.07) is 7.50. The average molecular weight is 346 g/mol. The third kappa shape index (κ3) is 5.85. The van der Waals surface area contributed by atoms with E-state index in [-0.39, 0.29) is 23.3 Å². The van der Waals surface area contributed by atoms with Crippen molar-refractivity contribution in [3.63, 3.8) is 0 Å². The third-order valence-electron chi connectivity index (χ3n) is 4.79. The lowest BCUT2D eigenvalue weighted by molar-refractivity contribution is -0.123. The normalized spacial score (nSPS) is 18.1. The highest BCUT2D eigenvalue weighted by atomic mass is 16.5. The van der Waals surface area contributed by atoms with Crippen LogP contribution in [0.3, 0.4) is 0 Å². The van der Waals surface area contributed by atoms with E-state index in [1.54, 1.807) is 0 Å². The number of hydrogen-bond donors (Lipinski definition) is 1. The summed E-state index contributed by atoms with van der Waals surface area (Å²) in [6.45, 7) is 10.5. The monoisotopic (exact) mass is 346 g/mol. The van der Waals surface area contributed by atoms with Crippen LogP contribution in [0.2, 0.25) is 0 Å². The molecule has 1 aromatic rings. The molecule has 5 heteroatoms. The van der Waals surface area contributed by atoms with Gasteiger partial charge in [0.1, 0.15) is 0 Å². The summed E-state index contributed by atoms with van der Waals surface area (Å²) in [5, 5.41) is 2.96. The second kappa shape index (κ2) is 8.48. The zero-order valence-corrected chi connectivity index (χ0v) is 15.8. The molecule has 1 aliphatic rings. The first kappa shape index (κ1) is 19.4. The van der Waals surface area contributed by atoms with Crippen molar-refractivity contribution < 1.29 is 14.3 Å². The molecule has 0 radical (unpaired) electrons. The van der Waals surface area contributed by atoms with Crippen molar-refractivity contribution in [2.24, 2.45) is 5.41 Å². The molecule has 2 rings (SSSR count). The molecule has 1 aromatic carbocycles. The summed E-state index contributed by atoms with van der Waals surface area (Å²) in [5.41, 5.74) is 1.61. The molecule has 0 aromatic heterocycles. The van der Waals surface area contributed by atoms with Crippen LogP contribution in [-0.2, 0) is 16.1 Å². The van der Waals surface area contributed by atoms with E-state index in [2.05, 4.69) is 26.1 Å². The fourth-order valence-corrected chi connectivity index (χ4v) is 2.82. The van der Waals surface area contributed by atoms with Gasteiger partial charge in [-0.2, -0.15) is 0 Å². The fraction of sp³-hybridized carbons (Fsp3) is 0.600. The van der Waals surface area contributed by atoms with E-state index in [0.29, 0.717) is 38.2 Å². The number of hydrogen-bond acceptors (Lipinski definition) is 3. The van der Waals surface area contributed by atoms with Gasteiger partial charge in [0.25, 0.3) is 5.91 Å². The molecule has 0 saturated carbocycles. The Morgan fingerprint density at radius 1 is 1.36 bits per heavy atom. The van der Waals surface area contributed by atoms with Crippen molar-refractivity contribution >= 4 is 11.8 Å². The number of nitrogens with zero attached hydrogens (tertiary/aromatic N) is 1. The van der Waals surface area contributed by atoms with Crippen molar-refractivity contribution in [2.75, 3.05) is 19.7 Å². The average Bonchev–Trinajstić information content (AvgIpc) is 2.59. The number of benzene rings is 1. The van der Waals surface area contributed by atoms with Gasteiger partial charge in [0, 0.05) is 31.6 Å². The number of ether oxygens (including phenoxy) is 1. The molecule has 1 aliphatic heterocycles. The lowest BCUT2D eigenvalue weighted by atomic mass is 9.86. The van der Waals surface area contributed by atoms with Crippen molar-refractivity contribution in [3.05, 3.63) is 35.4 Å². The Hall–Kier alpha value is -1.88. The van der Waals surface area contributed by atoms with Gasteiger partial charge in [0.2, 0.25) is 5.91 Å². The molecular weight excluding hydrogens is 316 g/mol. The van der Waals surface area contributed by atoms with E-state index >= 15 is 0 Å². The van der Waals surface area contributed by atoms with Crippen LogP contribution in [0.1, 0.15) is 56.5 Å². The standard InChI is InChI=1S/C20H30N2O3/c1-5-20(3,4)12-18(23)21-13-16-7-6-8-17(11-16)19(24)22-9-10-25-15(2)14-22/h6-8,11,15H,5,9-10,12-14H2,1-4H3,(H,21,23)/t15-/m0/s1. The van der Waals surface area contributed by atoms with Gasteiger partial charge in [-0.3, -0.25) is 9.59 Å². The second-order valence-electron chi connectivity index (χ2n) is 7.60. The predicted molar refractivity (Wildman–Crippen MR) is 98.3 cm³/mol. The Balaban J connectivity index is 1.94. The van der Waals surface area contributed by atoms with Crippen LogP contribution >= 0.6 is 0 Å². The highest BCUT2D eigenvalue weighted by molar-refractivity contribution is 5.94. The van der Waals surface area contributed by atoms with E-state index < -0.39 is 0 Å². The van der Waals surface area contributed by atoms with E-state index in [0.717, 1.165) is 12.0 Å². The minimum Gasteiger partial charge on any atom is -0.375 e. The maximum absolute atomic E-state index is 12.6. The van der Waals surface area contributed by atoms with Gasteiger partial charge in [-0.1, -0.05) is 39.3 Å². The third-order valence-corrected chi connectivity index (χ3v) is 4.79. The molecule has 1 fully saturated rings. The van der Waals surface area contributed by atoms with Crippen LogP contribution < -0.4 is 5.32 Å². The molecule has 1 atom stereocenters. The van der Waals surface area contributed by atoms with Gasteiger partial charge < -0.3 is 15.0 Å². The van der Waals surface area contributed by atoms with Gasteiger partial charge in [-0.05, 0) is 30.0 Å². The highest BCUT2D eigenvalue weighted by Gasteiger charge is 2.23. The zero-order valence-electron chi connectivity index (χ0n) is 15.8. The number of carbonyl (C=O) groups excluding carboxylic acids is 2. The second-order valence-corrected chi connectivity index (χ2v) is 7.60. The van der Waals surface area contributed by atoms with Gasteiger partial charge >= 0.3 is 0 Å². The predicted octanol–water partition coefficient (Wildman–Crippen LogP) is 2.99. The minimum absolute atomic E-state index is 0.00885. The minimum atomic E-state index is 0.00885. The molecule has 0 spiro atoms. The Morgan fingerprint density at radius 2 is 2.12 bits per heavy atom. The highest BCUT2D eigenvalue weighted by Crippen LogP contribution is 2.24. The molecule has 25 heavy (non-hydrogen) atoms. The fourth-order valence-electron chi connectivity index (χ4n) is 2.82. The molecule has 1 saturated heterocycles. The maximum Gasteiger partial charge on any atom is 0.254 e. The van der Waals surface area contributed by atoms with Gasteiger partial charge in [0.15, 0.2) is 0 Å². The molecule has 138 valence electrons. The first-order valence-corrected chi connectivity index (χ1v) is 9.07. The van der Waals surface area contributed by atoms with E-state index in [4.69, 9.17) is 4.74 Å². The Morgan fingerprint density at radius 3 is 2.80 bits per heavy atom. The topological polar surface area (TPSA) is 58.6 Å². The smallest absolute Gasteiger partial charge is 0.254 e. The molecule has 1 N–H and O–H groups in total. The first-order valence-electron chi connectivity index (χ1n) is 9.07.